The minimum atomic E-state index is -0.562. The lowest BCUT2D eigenvalue weighted by Crippen LogP contribution is -2.42. The van der Waals surface area contributed by atoms with Gasteiger partial charge in [-0.25, -0.2) is 14.2 Å². The van der Waals surface area contributed by atoms with Crippen molar-refractivity contribution in [2.75, 3.05) is 83.5 Å². The molecular weight excluding hydrogens is 929 g/mol. The molecule has 2 aliphatic rings. The molecule has 2 aromatic carbocycles. The van der Waals surface area contributed by atoms with E-state index in [0.29, 0.717) is 106 Å². The Balaban J connectivity index is 0.676. The SMILES string of the molecule is C=C(CC(=O)N1CCC(C2CCNc3c(C(N)=O)c(-c4ccc(Oc5ccccc5)cc4)nn32)CC1)C(=O)NCCOCCOCCOCCn1cc(Cn2c(=O)[nH]c3c(N)nc(OCCCC)nc32)nn1. The molecule has 6 heterocycles. The summed E-state index contributed by atoms with van der Waals surface area (Å²) in [4.78, 5) is 64.6. The van der Waals surface area contributed by atoms with E-state index < -0.39 is 17.5 Å². The minimum absolute atomic E-state index is 0.0116. The third kappa shape index (κ3) is 12.8. The molecule has 3 amide bonds. The highest BCUT2D eigenvalue weighted by molar-refractivity contribution is 6.04. The summed E-state index contributed by atoms with van der Waals surface area (Å²) in [6.07, 6.45) is 5.72. The number of carbonyl (C=O) groups excluding carboxylic acids is 3. The molecule has 7 N–H and O–H groups in total. The van der Waals surface area contributed by atoms with Crippen LogP contribution in [0.2, 0.25) is 0 Å². The highest BCUT2D eigenvalue weighted by Gasteiger charge is 2.36. The molecule has 0 spiro atoms. The van der Waals surface area contributed by atoms with Crippen LogP contribution < -0.4 is 37.3 Å². The predicted molar refractivity (Wildman–Crippen MR) is 265 cm³/mol. The number of rotatable bonds is 26. The average molecular weight is 991 g/mol. The van der Waals surface area contributed by atoms with Gasteiger partial charge < -0.3 is 55.7 Å². The molecule has 382 valence electrons. The largest absolute Gasteiger partial charge is 0.463 e. The number of nitrogens with one attached hydrogen (secondary N) is 3. The van der Waals surface area contributed by atoms with Gasteiger partial charge in [0.1, 0.15) is 39.8 Å². The number of aromatic amines is 1. The molecule has 0 radical (unpaired) electrons. The second-order valence-corrected chi connectivity index (χ2v) is 17.5. The molecule has 23 heteroatoms. The molecule has 1 saturated heterocycles. The molecule has 1 atom stereocenters. The van der Waals surface area contributed by atoms with E-state index in [-0.39, 0.29) is 61.4 Å². The van der Waals surface area contributed by atoms with Gasteiger partial charge in [-0.3, -0.25) is 19.0 Å². The summed E-state index contributed by atoms with van der Waals surface area (Å²) >= 11 is 0. The van der Waals surface area contributed by atoms with Gasteiger partial charge in [-0.2, -0.15) is 15.1 Å². The first kappa shape index (κ1) is 50.7. The highest BCUT2D eigenvalue weighted by Crippen LogP contribution is 2.40. The van der Waals surface area contributed by atoms with Crippen molar-refractivity contribution in [1.29, 1.82) is 0 Å². The number of imidazole rings is 1. The van der Waals surface area contributed by atoms with Gasteiger partial charge in [-0.1, -0.05) is 43.3 Å². The number of carbonyl (C=O) groups is 3. The molecule has 0 bridgehead atoms. The molecule has 4 aromatic heterocycles. The van der Waals surface area contributed by atoms with Crippen molar-refractivity contribution in [2.45, 2.75) is 64.6 Å². The van der Waals surface area contributed by atoms with E-state index in [9.17, 15) is 19.2 Å². The Hall–Kier alpha value is -7.63. The molecular formula is C49H62N14O9. The van der Waals surface area contributed by atoms with E-state index in [1.807, 2.05) is 66.2 Å². The Bertz CT molecular complexity index is 2850. The van der Waals surface area contributed by atoms with Gasteiger partial charge in [0.2, 0.25) is 11.8 Å². The fourth-order valence-corrected chi connectivity index (χ4v) is 8.68. The summed E-state index contributed by atoms with van der Waals surface area (Å²) in [6.45, 7) is 10.9. The average Bonchev–Trinajstić information content (AvgIpc) is 4.10. The molecule has 72 heavy (non-hydrogen) atoms. The molecule has 0 saturated carbocycles. The summed E-state index contributed by atoms with van der Waals surface area (Å²) in [5.74, 6) is 1.22. The van der Waals surface area contributed by atoms with E-state index in [1.54, 1.807) is 15.8 Å². The quantitative estimate of drug-likeness (QED) is 0.0383. The molecule has 6 aromatic rings. The summed E-state index contributed by atoms with van der Waals surface area (Å²) in [6, 6.07) is 17.0. The Morgan fingerprint density at radius 3 is 2.36 bits per heavy atom. The van der Waals surface area contributed by atoms with Crippen molar-refractivity contribution < 1.29 is 38.1 Å². The monoisotopic (exact) mass is 990 g/mol. The van der Waals surface area contributed by atoms with Gasteiger partial charge >= 0.3 is 11.7 Å². The van der Waals surface area contributed by atoms with Crippen LogP contribution >= 0.6 is 0 Å². The highest BCUT2D eigenvalue weighted by atomic mass is 16.5. The number of para-hydroxylation sites is 1. The van der Waals surface area contributed by atoms with Crippen LogP contribution in [0.15, 0.2) is 77.7 Å². The van der Waals surface area contributed by atoms with Gasteiger partial charge in [0.05, 0.1) is 78.0 Å². The Kier molecular flexibility index (Phi) is 17.2. The lowest BCUT2D eigenvalue weighted by Gasteiger charge is -2.38. The van der Waals surface area contributed by atoms with Crippen molar-refractivity contribution in [1.82, 2.24) is 54.5 Å². The standard InChI is InChI=1S/C49H62N14O9/c1-3-4-22-71-48-55-43(50)42-46(56-48)62(49(67)54-42)31-35-30-61(59-57-35)21-24-69-26-28-70-27-25-68-23-18-53-47(66)32(2)29-39(64)60-19-15-33(16-20-60)38-14-17-52-45-40(44(51)65)41(58-63(38)45)34-10-12-37(13-11-34)72-36-8-6-5-7-9-36/h5-13,30,33,38,52H,2-4,14-29,31H2,1H3,(H2,51,65)(H,53,66)(H,54,67)(H2,50,55,56). The third-order valence-corrected chi connectivity index (χ3v) is 12.4. The van der Waals surface area contributed by atoms with Crippen LogP contribution in [0.1, 0.15) is 67.5 Å². The van der Waals surface area contributed by atoms with Gasteiger partial charge in [-0.05, 0) is 68.0 Å². The number of primary amides is 1. The van der Waals surface area contributed by atoms with E-state index in [2.05, 4.69) is 42.5 Å². The number of nitrogens with zero attached hydrogens (tertiary/aromatic N) is 9. The Morgan fingerprint density at radius 2 is 1.62 bits per heavy atom. The van der Waals surface area contributed by atoms with Gasteiger partial charge in [0.25, 0.3) is 5.91 Å². The number of H-pyrrole nitrogens is 1. The first-order valence-corrected chi connectivity index (χ1v) is 24.3. The zero-order valence-corrected chi connectivity index (χ0v) is 40.4. The number of fused-ring (bicyclic) bond motifs is 2. The lowest BCUT2D eigenvalue weighted by atomic mass is 9.86. The predicted octanol–water partition coefficient (Wildman–Crippen LogP) is 3.68. The van der Waals surface area contributed by atoms with Gasteiger partial charge in [-0.15, -0.1) is 5.10 Å². The number of benzene rings is 2. The number of nitrogens with two attached hydrogens (primary N) is 2. The second kappa shape index (κ2) is 24.5. The number of unbranched alkanes of at least 4 members (excludes halogenated alkanes) is 1. The first-order chi connectivity index (χ1) is 35.1. The van der Waals surface area contributed by atoms with Crippen LogP contribution in [0.3, 0.4) is 0 Å². The molecule has 1 unspecified atom stereocenters. The van der Waals surface area contributed by atoms with E-state index in [4.69, 9.17) is 40.3 Å². The summed E-state index contributed by atoms with van der Waals surface area (Å²) < 4.78 is 33.4. The summed E-state index contributed by atoms with van der Waals surface area (Å²) in [5.41, 5.74) is 14.6. The first-order valence-electron chi connectivity index (χ1n) is 24.3. The molecule has 2 aliphatic heterocycles. The summed E-state index contributed by atoms with van der Waals surface area (Å²) in [5, 5.41) is 19.4. The number of ether oxygens (including phenoxy) is 5. The van der Waals surface area contributed by atoms with Crippen molar-refractivity contribution in [2.24, 2.45) is 11.7 Å². The van der Waals surface area contributed by atoms with Crippen LogP contribution in [0, 0.1) is 5.92 Å². The molecule has 8 rings (SSSR count). The smallest absolute Gasteiger partial charge is 0.328 e. The lowest BCUT2D eigenvalue weighted by molar-refractivity contribution is -0.133. The van der Waals surface area contributed by atoms with Crippen molar-refractivity contribution >= 4 is 40.5 Å². The van der Waals surface area contributed by atoms with E-state index in [1.165, 1.54) is 4.57 Å². The maximum Gasteiger partial charge on any atom is 0.328 e. The number of amides is 3. The number of likely N-dealkylation sites (tertiary alicyclic amines) is 1. The maximum absolute atomic E-state index is 13.3. The topological polar surface area (TPSA) is 289 Å². The number of piperidine rings is 1. The normalized spacial score (nSPS) is 14.7. The van der Waals surface area contributed by atoms with Crippen LogP contribution in [0.5, 0.6) is 17.5 Å². The Labute approximate surface area is 415 Å². The van der Waals surface area contributed by atoms with Crippen LogP contribution in [-0.4, -0.2) is 139 Å². The van der Waals surface area contributed by atoms with Crippen LogP contribution in [-0.2, 0) is 36.9 Å². The fourth-order valence-electron chi connectivity index (χ4n) is 8.68. The zero-order valence-electron chi connectivity index (χ0n) is 40.4. The van der Waals surface area contributed by atoms with Crippen molar-refractivity contribution in [3.8, 4) is 28.8 Å². The van der Waals surface area contributed by atoms with E-state index >= 15 is 0 Å². The number of hydrogen-bond donors (Lipinski definition) is 5. The van der Waals surface area contributed by atoms with E-state index in [0.717, 1.165) is 43.4 Å². The van der Waals surface area contributed by atoms with Gasteiger partial charge in [0, 0.05) is 37.3 Å². The summed E-state index contributed by atoms with van der Waals surface area (Å²) in [7, 11) is 0. The Morgan fingerprint density at radius 1 is 0.903 bits per heavy atom. The van der Waals surface area contributed by atoms with Gasteiger partial charge in [0.15, 0.2) is 11.5 Å². The maximum atomic E-state index is 13.3. The third-order valence-electron chi connectivity index (χ3n) is 12.4. The minimum Gasteiger partial charge on any atom is -0.463 e. The molecule has 23 nitrogen and oxygen atoms in total. The second-order valence-electron chi connectivity index (χ2n) is 17.5. The number of nitrogen functional groups attached to an aromatic ring is 1. The molecule has 0 aliphatic carbocycles. The number of hydrogen-bond acceptors (Lipinski definition) is 16. The fraction of sp³-hybridized carbons (Fsp3) is 0.449. The zero-order chi connectivity index (χ0) is 50.4. The van der Waals surface area contributed by atoms with Crippen LogP contribution in [0.25, 0.3) is 22.4 Å². The van der Waals surface area contributed by atoms with Crippen molar-refractivity contribution in [3.63, 3.8) is 0 Å². The number of aromatic nitrogens is 9. The molecule has 1 fully saturated rings. The number of anilines is 2. The van der Waals surface area contributed by atoms with Crippen LogP contribution in [0.4, 0.5) is 11.6 Å². The van der Waals surface area contributed by atoms with Crippen molar-refractivity contribution in [3.05, 3.63) is 94.7 Å².